The van der Waals surface area contributed by atoms with Crippen LogP contribution < -0.4 is 0 Å². The van der Waals surface area contributed by atoms with Crippen molar-refractivity contribution in [3.63, 3.8) is 0 Å². The highest BCUT2D eigenvalue weighted by Gasteiger charge is 2.12. The molecule has 21 heavy (non-hydrogen) atoms. The Morgan fingerprint density at radius 1 is 1.05 bits per heavy atom. The summed E-state index contributed by atoms with van der Waals surface area (Å²) in [4.78, 5) is 14.5. The molecule has 4 heteroatoms. The molecule has 1 aromatic rings. The molecule has 0 saturated carbocycles. The smallest absolute Gasteiger partial charge is 0.166 e. The number of hydrogen-bond donors (Lipinski definition) is 2. The quantitative estimate of drug-likeness (QED) is 0.597. The van der Waals surface area contributed by atoms with Gasteiger partial charge in [0.15, 0.2) is 5.78 Å². The monoisotopic (exact) mass is 291 g/mol. The first kappa shape index (κ1) is 15.8. The lowest BCUT2D eigenvalue weighted by Crippen LogP contribution is -2.30. The fourth-order valence-electron chi connectivity index (χ4n) is 2.87. The van der Waals surface area contributed by atoms with Crippen molar-refractivity contribution in [1.29, 1.82) is 0 Å². The Bertz CT molecular complexity index is 467. The average Bonchev–Trinajstić information content (AvgIpc) is 2.47. The van der Waals surface area contributed by atoms with Gasteiger partial charge in [-0.2, -0.15) is 0 Å². The molecule has 1 aliphatic rings. The van der Waals surface area contributed by atoms with Crippen LogP contribution in [0.3, 0.4) is 0 Å². The minimum Gasteiger partial charge on any atom is -0.508 e. The van der Waals surface area contributed by atoms with Crippen molar-refractivity contribution >= 4 is 5.78 Å². The van der Waals surface area contributed by atoms with E-state index >= 15 is 0 Å². The van der Waals surface area contributed by atoms with E-state index < -0.39 is 0 Å². The van der Waals surface area contributed by atoms with Crippen LogP contribution in [0.4, 0.5) is 0 Å². The number of rotatable bonds is 7. The first-order valence-corrected chi connectivity index (χ1v) is 7.94. The zero-order chi connectivity index (χ0) is 15.1. The Kier molecular flexibility index (Phi) is 6.05. The molecule has 0 aromatic heterocycles. The molecule has 1 fully saturated rings. The Balaban J connectivity index is 1.64. The number of benzene rings is 1. The van der Waals surface area contributed by atoms with Crippen LogP contribution in [0.2, 0.25) is 0 Å². The number of phenols is 2. The van der Waals surface area contributed by atoms with Gasteiger partial charge in [0, 0.05) is 12.5 Å². The molecular formula is C17H25NO3. The third-order valence-electron chi connectivity index (χ3n) is 4.11. The summed E-state index contributed by atoms with van der Waals surface area (Å²) >= 11 is 0. The molecular weight excluding hydrogens is 266 g/mol. The van der Waals surface area contributed by atoms with Crippen molar-refractivity contribution in [2.45, 2.75) is 44.9 Å². The van der Waals surface area contributed by atoms with E-state index in [4.69, 9.17) is 0 Å². The molecule has 0 radical (unpaired) electrons. The summed E-state index contributed by atoms with van der Waals surface area (Å²) < 4.78 is 0. The second-order valence-electron chi connectivity index (χ2n) is 5.84. The molecule has 0 atom stereocenters. The number of likely N-dealkylation sites (tertiary alicyclic amines) is 1. The summed E-state index contributed by atoms with van der Waals surface area (Å²) in [5.74, 6) is -0.204. The van der Waals surface area contributed by atoms with Crippen molar-refractivity contribution in [3.05, 3.63) is 23.8 Å². The summed E-state index contributed by atoms with van der Waals surface area (Å²) in [7, 11) is 0. The number of carbonyl (C=O) groups excluding carboxylic acids is 1. The van der Waals surface area contributed by atoms with Gasteiger partial charge in [-0.25, -0.2) is 0 Å². The van der Waals surface area contributed by atoms with Crippen LogP contribution >= 0.6 is 0 Å². The standard InChI is InChI=1S/C17H25NO3/c19-14-8-9-15(17(21)13-14)16(20)7-3-1-4-10-18-11-5-2-6-12-18/h8-9,13,19,21H,1-7,10-12H2. The normalized spacial score (nSPS) is 16.0. The van der Waals surface area contributed by atoms with Gasteiger partial charge in [0.2, 0.25) is 0 Å². The Morgan fingerprint density at radius 3 is 2.52 bits per heavy atom. The highest BCUT2D eigenvalue weighted by Crippen LogP contribution is 2.24. The van der Waals surface area contributed by atoms with Gasteiger partial charge in [-0.3, -0.25) is 4.79 Å². The van der Waals surface area contributed by atoms with E-state index in [2.05, 4.69) is 4.90 Å². The number of piperidine rings is 1. The molecule has 0 bridgehead atoms. The zero-order valence-electron chi connectivity index (χ0n) is 12.6. The number of phenolic OH excluding ortho intramolecular Hbond substituents is 2. The molecule has 0 amide bonds. The molecule has 1 aliphatic heterocycles. The predicted octanol–water partition coefficient (Wildman–Crippen LogP) is 3.33. The van der Waals surface area contributed by atoms with Gasteiger partial charge in [0.05, 0.1) is 5.56 Å². The third-order valence-corrected chi connectivity index (χ3v) is 4.11. The number of Topliss-reactive ketones (excluding diaryl/α,β-unsaturated/α-hetero) is 1. The zero-order valence-corrected chi connectivity index (χ0v) is 12.6. The predicted molar refractivity (Wildman–Crippen MR) is 82.9 cm³/mol. The molecule has 0 unspecified atom stereocenters. The van der Waals surface area contributed by atoms with Gasteiger partial charge in [-0.1, -0.05) is 12.8 Å². The van der Waals surface area contributed by atoms with Gasteiger partial charge in [-0.15, -0.1) is 0 Å². The van der Waals surface area contributed by atoms with Crippen LogP contribution in [0.25, 0.3) is 0 Å². The van der Waals surface area contributed by atoms with Crippen LogP contribution in [-0.4, -0.2) is 40.5 Å². The summed E-state index contributed by atoms with van der Waals surface area (Å²) in [6, 6.07) is 4.13. The Hall–Kier alpha value is -1.55. The van der Waals surface area contributed by atoms with Crippen LogP contribution in [0.5, 0.6) is 11.5 Å². The number of carbonyl (C=O) groups is 1. The van der Waals surface area contributed by atoms with Gasteiger partial charge in [0.1, 0.15) is 11.5 Å². The molecule has 0 spiro atoms. The SMILES string of the molecule is O=C(CCCCCN1CCCCC1)c1ccc(O)cc1O. The second-order valence-corrected chi connectivity index (χ2v) is 5.84. The van der Waals surface area contributed by atoms with E-state index in [9.17, 15) is 15.0 Å². The van der Waals surface area contributed by atoms with Gasteiger partial charge >= 0.3 is 0 Å². The van der Waals surface area contributed by atoms with Crippen LogP contribution in [0.1, 0.15) is 55.3 Å². The minimum absolute atomic E-state index is 0.0226. The lowest BCUT2D eigenvalue weighted by molar-refractivity contribution is 0.0976. The Labute approximate surface area is 126 Å². The molecule has 4 nitrogen and oxygen atoms in total. The molecule has 1 heterocycles. The topological polar surface area (TPSA) is 60.8 Å². The van der Waals surface area contributed by atoms with Gasteiger partial charge in [0.25, 0.3) is 0 Å². The molecule has 2 N–H and O–H groups in total. The number of aromatic hydroxyl groups is 2. The maximum atomic E-state index is 12.0. The van der Waals surface area contributed by atoms with E-state index in [1.54, 1.807) is 0 Å². The third kappa shape index (κ3) is 5.05. The van der Waals surface area contributed by atoms with Crippen LogP contribution in [0, 0.1) is 0 Å². The average molecular weight is 291 g/mol. The van der Waals surface area contributed by atoms with Crippen molar-refractivity contribution in [3.8, 4) is 11.5 Å². The number of hydrogen-bond acceptors (Lipinski definition) is 4. The number of nitrogens with zero attached hydrogens (tertiary/aromatic N) is 1. The number of unbranched alkanes of at least 4 members (excludes halogenated alkanes) is 2. The van der Waals surface area contributed by atoms with E-state index in [1.165, 1.54) is 50.6 Å². The summed E-state index contributed by atoms with van der Waals surface area (Å²) in [5.41, 5.74) is 0.309. The van der Waals surface area contributed by atoms with Crippen molar-refractivity contribution in [2.24, 2.45) is 0 Å². The molecule has 0 aliphatic carbocycles. The van der Waals surface area contributed by atoms with E-state index in [-0.39, 0.29) is 17.3 Å². The first-order chi connectivity index (χ1) is 10.2. The van der Waals surface area contributed by atoms with Crippen molar-refractivity contribution in [1.82, 2.24) is 4.90 Å². The van der Waals surface area contributed by atoms with E-state index in [0.29, 0.717) is 12.0 Å². The highest BCUT2D eigenvalue weighted by atomic mass is 16.3. The van der Waals surface area contributed by atoms with Gasteiger partial charge < -0.3 is 15.1 Å². The Morgan fingerprint density at radius 2 is 1.81 bits per heavy atom. The summed E-state index contributed by atoms with van der Waals surface area (Å²) in [5, 5.41) is 18.9. The number of ketones is 1. The fraction of sp³-hybridized carbons (Fsp3) is 0.588. The molecule has 1 saturated heterocycles. The lowest BCUT2D eigenvalue weighted by atomic mass is 10.0. The molecule has 116 valence electrons. The van der Waals surface area contributed by atoms with E-state index in [0.717, 1.165) is 25.8 Å². The molecule has 1 aromatic carbocycles. The lowest BCUT2D eigenvalue weighted by Gasteiger charge is -2.26. The van der Waals surface area contributed by atoms with E-state index in [1.807, 2.05) is 0 Å². The van der Waals surface area contributed by atoms with Crippen LogP contribution in [-0.2, 0) is 0 Å². The minimum atomic E-state index is -0.131. The van der Waals surface area contributed by atoms with Crippen molar-refractivity contribution < 1.29 is 15.0 Å². The summed E-state index contributed by atoms with van der Waals surface area (Å²) in [6.07, 6.45) is 7.49. The first-order valence-electron chi connectivity index (χ1n) is 7.94. The largest absolute Gasteiger partial charge is 0.508 e. The van der Waals surface area contributed by atoms with Gasteiger partial charge in [-0.05, 0) is 57.5 Å². The molecule has 2 rings (SSSR count). The maximum Gasteiger partial charge on any atom is 0.166 e. The highest BCUT2D eigenvalue weighted by molar-refractivity contribution is 5.98. The fourth-order valence-corrected chi connectivity index (χ4v) is 2.87. The van der Waals surface area contributed by atoms with Crippen LogP contribution in [0.15, 0.2) is 18.2 Å². The summed E-state index contributed by atoms with van der Waals surface area (Å²) in [6.45, 7) is 3.58. The maximum absolute atomic E-state index is 12.0. The second kappa shape index (κ2) is 8.03. The van der Waals surface area contributed by atoms with Crippen molar-refractivity contribution in [2.75, 3.05) is 19.6 Å².